The highest BCUT2D eigenvalue weighted by molar-refractivity contribution is 6.04. The lowest BCUT2D eigenvalue weighted by Crippen LogP contribution is -2.17. The summed E-state index contributed by atoms with van der Waals surface area (Å²) in [5.41, 5.74) is 3.05. The van der Waals surface area contributed by atoms with Crippen LogP contribution in [-0.2, 0) is 6.42 Å². The largest absolute Gasteiger partial charge is 0.573 e. The van der Waals surface area contributed by atoms with Gasteiger partial charge in [0.2, 0.25) is 5.75 Å². The number of hydrogen-bond acceptors (Lipinski definition) is 5. The Hall–Kier alpha value is -4.20. The number of halogens is 3. The summed E-state index contributed by atoms with van der Waals surface area (Å²) >= 11 is 0. The SMILES string of the molecule is COc1cc(/C=C\c2ccccc2C/C=C\C(=O)c2ccc(OC(F)(F)F)cc2)cc(OC)c1OC. The molecule has 0 aromatic heterocycles. The summed E-state index contributed by atoms with van der Waals surface area (Å²) < 4.78 is 56.8. The van der Waals surface area contributed by atoms with Crippen LogP contribution in [0.2, 0.25) is 0 Å². The van der Waals surface area contributed by atoms with E-state index in [1.165, 1.54) is 18.2 Å². The van der Waals surface area contributed by atoms with Gasteiger partial charge < -0.3 is 18.9 Å². The van der Waals surface area contributed by atoms with Crippen LogP contribution in [0.15, 0.2) is 72.8 Å². The Bertz CT molecular complexity index is 1220. The van der Waals surface area contributed by atoms with E-state index in [-0.39, 0.29) is 17.1 Å². The van der Waals surface area contributed by atoms with Crippen molar-refractivity contribution in [1.29, 1.82) is 0 Å². The summed E-state index contributed by atoms with van der Waals surface area (Å²) in [4.78, 5) is 12.4. The molecule has 0 unspecified atom stereocenters. The molecule has 0 radical (unpaired) electrons. The smallest absolute Gasteiger partial charge is 0.493 e. The summed E-state index contributed by atoms with van der Waals surface area (Å²) in [5.74, 6) is 0.901. The molecule has 0 saturated heterocycles. The van der Waals surface area contributed by atoms with Crippen LogP contribution in [0.3, 0.4) is 0 Å². The summed E-state index contributed by atoms with van der Waals surface area (Å²) in [6, 6.07) is 16.2. The molecule has 3 rings (SSSR count). The van der Waals surface area contributed by atoms with Crippen molar-refractivity contribution in [2.24, 2.45) is 0 Å². The highest BCUT2D eigenvalue weighted by Crippen LogP contribution is 2.38. The third-order valence-corrected chi connectivity index (χ3v) is 5.18. The van der Waals surface area contributed by atoms with E-state index in [9.17, 15) is 18.0 Å². The van der Waals surface area contributed by atoms with Gasteiger partial charge in [0, 0.05) is 5.56 Å². The molecular weight excluding hydrogens is 473 g/mol. The molecule has 3 aromatic rings. The van der Waals surface area contributed by atoms with Crippen molar-refractivity contribution in [1.82, 2.24) is 0 Å². The second-order valence-corrected chi connectivity index (χ2v) is 7.53. The van der Waals surface area contributed by atoms with Gasteiger partial charge in [0.05, 0.1) is 21.3 Å². The van der Waals surface area contributed by atoms with Crippen molar-refractivity contribution in [3.05, 3.63) is 95.1 Å². The summed E-state index contributed by atoms with van der Waals surface area (Å²) in [5, 5.41) is 0. The van der Waals surface area contributed by atoms with Crippen LogP contribution in [0.5, 0.6) is 23.0 Å². The zero-order valence-corrected chi connectivity index (χ0v) is 20.0. The van der Waals surface area contributed by atoms with Crippen LogP contribution in [-0.4, -0.2) is 33.5 Å². The minimum absolute atomic E-state index is 0.261. The highest BCUT2D eigenvalue weighted by Gasteiger charge is 2.31. The number of methoxy groups -OCH3 is 3. The molecule has 0 aliphatic carbocycles. The number of hydrogen-bond donors (Lipinski definition) is 0. The molecule has 36 heavy (non-hydrogen) atoms. The fraction of sp³-hybridized carbons (Fsp3) is 0.179. The molecule has 0 heterocycles. The fourth-order valence-electron chi connectivity index (χ4n) is 3.48. The lowest BCUT2D eigenvalue weighted by molar-refractivity contribution is -0.274. The average Bonchev–Trinajstić information content (AvgIpc) is 2.86. The number of rotatable bonds is 10. The number of allylic oxidation sites excluding steroid dienone is 2. The molecule has 0 N–H and O–H groups in total. The van der Waals surface area contributed by atoms with Crippen molar-refractivity contribution < 1.29 is 36.9 Å². The molecule has 188 valence electrons. The predicted molar refractivity (Wildman–Crippen MR) is 132 cm³/mol. The van der Waals surface area contributed by atoms with Crippen LogP contribution in [0.1, 0.15) is 27.0 Å². The summed E-state index contributed by atoms with van der Waals surface area (Å²) in [7, 11) is 4.65. The second kappa shape index (κ2) is 12.0. The van der Waals surface area contributed by atoms with E-state index >= 15 is 0 Å². The minimum atomic E-state index is -4.78. The normalized spacial score (nSPS) is 11.6. The maximum atomic E-state index is 12.4. The number of ketones is 1. The number of benzene rings is 3. The maximum absolute atomic E-state index is 12.4. The average molecular weight is 498 g/mol. The number of alkyl halides is 3. The van der Waals surface area contributed by atoms with E-state index in [1.54, 1.807) is 27.4 Å². The fourth-order valence-corrected chi connectivity index (χ4v) is 3.48. The predicted octanol–water partition coefficient (Wildman–Crippen LogP) is 6.76. The molecule has 0 spiro atoms. The first kappa shape index (κ1) is 26.4. The molecule has 3 aromatic carbocycles. The molecule has 0 bridgehead atoms. The lowest BCUT2D eigenvalue weighted by atomic mass is 10.0. The molecule has 0 atom stereocenters. The molecule has 0 fully saturated rings. The van der Waals surface area contributed by atoms with Gasteiger partial charge in [-0.3, -0.25) is 4.79 Å². The Labute approximate surface area is 207 Å². The topological polar surface area (TPSA) is 54.0 Å². The Kier molecular flexibility index (Phi) is 8.78. The quantitative estimate of drug-likeness (QED) is 0.176. The molecule has 8 heteroatoms. The third-order valence-electron chi connectivity index (χ3n) is 5.18. The molecule has 5 nitrogen and oxygen atoms in total. The highest BCUT2D eigenvalue weighted by atomic mass is 19.4. The van der Waals surface area contributed by atoms with E-state index in [0.29, 0.717) is 23.7 Å². The number of carbonyl (C=O) groups excluding carboxylic acids is 1. The van der Waals surface area contributed by atoms with Crippen molar-refractivity contribution in [2.75, 3.05) is 21.3 Å². The van der Waals surface area contributed by atoms with Gasteiger partial charge in [-0.2, -0.15) is 0 Å². The first-order valence-electron chi connectivity index (χ1n) is 10.9. The maximum Gasteiger partial charge on any atom is 0.573 e. The van der Waals surface area contributed by atoms with E-state index < -0.39 is 6.36 Å². The van der Waals surface area contributed by atoms with Crippen LogP contribution in [0.4, 0.5) is 13.2 Å². The van der Waals surface area contributed by atoms with Gasteiger partial charge >= 0.3 is 6.36 Å². The van der Waals surface area contributed by atoms with Crippen LogP contribution >= 0.6 is 0 Å². The number of carbonyl (C=O) groups is 1. The molecule has 0 aliphatic rings. The van der Waals surface area contributed by atoms with Gasteiger partial charge in [0.15, 0.2) is 17.3 Å². The standard InChI is InChI=1S/C28H25F3O5/c1-33-25-17-19(18-26(34-2)27(25)35-3)11-12-21-8-5-4-7-20(21)9-6-10-24(32)22-13-15-23(16-14-22)36-28(29,30)31/h4-8,10-18H,9H2,1-3H3/b10-6-,12-11-. The van der Waals surface area contributed by atoms with Crippen LogP contribution in [0, 0.1) is 0 Å². The zero-order chi connectivity index (χ0) is 26.1. The first-order valence-corrected chi connectivity index (χ1v) is 10.9. The Morgan fingerprint density at radius 1 is 0.861 bits per heavy atom. The van der Waals surface area contributed by atoms with E-state index in [0.717, 1.165) is 28.8 Å². The summed E-state index contributed by atoms with van der Waals surface area (Å²) in [6.07, 6.45) is 2.69. The van der Waals surface area contributed by atoms with Gasteiger partial charge in [0.25, 0.3) is 0 Å². The third kappa shape index (κ3) is 7.15. The van der Waals surface area contributed by atoms with Crippen LogP contribution < -0.4 is 18.9 Å². The van der Waals surface area contributed by atoms with Gasteiger partial charge in [0.1, 0.15) is 5.75 Å². The van der Waals surface area contributed by atoms with Crippen molar-refractivity contribution in [3.8, 4) is 23.0 Å². The molecule has 0 aliphatic heterocycles. The van der Waals surface area contributed by atoms with Crippen molar-refractivity contribution >= 4 is 17.9 Å². The monoisotopic (exact) mass is 498 g/mol. The van der Waals surface area contributed by atoms with Crippen molar-refractivity contribution in [3.63, 3.8) is 0 Å². The van der Waals surface area contributed by atoms with Gasteiger partial charge in [-0.25, -0.2) is 0 Å². The first-order chi connectivity index (χ1) is 17.2. The van der Waals surface area contributed by atoms with E-state index in [2.05, 4.69) is 4.74 Å². The van der Waals surface area contributed by atoms with Crippen LogP contribution in [0.25, 0.3) is 12.2 Å². The Morgan fingerprint density at radius 3 is 2.08 bits per heavy atom. The van der Waals surface area contributed by atoms with E-state index in [4.69, 9.17) is 14.2 Å². The second-order valence-electron chi connectivity index (χ2n) is 7.53. The van der Waals surface area contributed by atoms with Gasteiger partial charge in [-0.15, -0.1) is 13.2 Å². The van der Waals surface area contributed by atoms with E-state index in [1.807, 2.05) is 48.6 Å². The number of ether oxygens (including phenoxy) is 4. The summed E-state index contributed by atoms with van der Waals surface area (Å²) in [6.45, 7) is 0. The van der Waals surface area contributed by atoms with Gasteiger partial charge in [-0.05, 0) is 65.6 Å². The molecule has 0 saturated carbocycles. The van der Waals surface area contributed by atoms with Gasteiger partial charge in [-0.1, -0.05) is 42.5 Å². The minimum Gasteiger partial charge on any atom is -0.493 e. The Morgan fingerprint density at radius 2 is 1.50 bits per heavy atom. The Balaban J connectivity index is 1.72. The zero-order valence-electron chi connectivity index (χ0n) is 20.0. The van der Waals surface area contributed by atoms with Crippen molar-refractivity contribution in [2.45, 2.75) is 12.8 Å². The molecular formula is C28H25F3O5. The molecule has 0 amide bonds. The lowest BCUT2D eigenvalue weighted by Gasteiger charge is -2.13.